The smallest absolute Gasteiger partial charge is 0.336 e. The zero-order chi connectivity index (χ0) is 27.7. The van der Waals surface area contributed by atoms with Crippen molar-refractivity contribution in [2.45, 2.75) is 13.0 Å². The quantitative estimate of drug-likeness (QED) is 0.290. The first kappa shape index (κ1) is 25.9. The van der Waals surface area contributed by atoms with E-state index in [0.29, 0.717) is 24.2 Å². The number of nitrogens with one attached hydrogen (secondary N) is 1. The van der Waals surface area contributed by atoms with Crippen LogP contribution in [0.3, 0.4) is 0 Å². The van der Waals surface area contributed by atoms with Crippen LogP contribution in [0.5, 0.6) is 0 Å². The summed E-state index contributed by atoms with van der Waals surface area (Å²) in [4.78, 5) is 17.5. The number of aromatic amines is 1. The van der Waals surface area contributed by atoms with E-state index >= 15 is 0 Å². The monoisotopic (exact) mass is 551 g/mol. The summed E-state index contributed by atoms with van der Waals surface area (Å²) in [7, 11) is -2.85. The van der Waals surface area contributed by atoms with Crippen molar-refractivity contribution in [3.05, 3.63) is 95.8 Å². The molecule has 5 aromatic rings. The number of carboxylic acid groups (broad SMARTS) is 1. The van der Waals surface area contributed by atoms with Crippen LogP contribution in [0, 0.1) is 11.8 Å². The lowest BCUT2D eigenvalue weighted by Crippen LogP contribution is -2.40. The Hall–Kier alpha value is -4.32. The molecule has 7 nitrogen and oxygen atoms in total. The average molecular weight is 552 g/mol. The maximum Gasteiger partial charge on any atom is 0.336 e. The van der Waals surface area contributed by atoms with Crippen LogP contribution < -0.4 is 0 Å². The number of carbonyl (C=O) groups is 1. The standard InChI is InChI=1S/C32H29N3O4S/c36-32(37)28-4-1-3-25(31(28)27-9-8-24-11-13-33-29(24)22-27)7-5-23-6-10-30-26(21-23)12-16-35(30)15-2-14-34-17-19-40(38,39)20-18-34/h1,3-4,6,8-13,16,21-22,33H,2,14-15,17-20H2,(H,36,37). The highest BCUT2D eigenvalue weighted by Gasteiger charge is 2.21. The van der Waals surface area contributed by atoms with Crippen molar-refractivity contribution < 1.29 is 18.3 Å². The van der Waals surface area contributed by atoms with Gasteiger partial charge in [0.25, 0.3) is 0 Å². The number of aromatic nitrogens is 2. The second-order valence-electron chi connectivity index (χ2n) is 10.2. The number of rotatable bonds is 6. The number of aromatic carboxylic acids is 1. The third-order valence-electron chi connectivity index (χ3n) is 7.56. The van der Waals surface area contributed by atoms with Gasteiger partial charge in [-0.2, -0.15) is 0 Å². The molecule has 0 atom stereocenters. The lowest BCUT2D eigenvalue weighted by molar-refractivity contribution is 0.0697. The molecule has 8 heteroatoms. The largest absolute Gasteiger partial charge is 0.478 e. The zero-order valence-corrected chi connectivity index (χ0v) is 22.7. The Labute approximate surface area is 233 Å². The Kier molecular flexibility index (Phi) is 6.93. The summed E-state index contributed by atoms with van der Waals surface area (Å²) in [5, 5.41) is 12.1. The lowest BCUT2D eigenvalue weighted by Gasteiger charge is -2.26. The molecule has 202 valence electrons. The number of H-pyrrole nitrogens is 1. The van der Waals surface area contributed by atoms with E-state index in [1.165, 1.54) is 0 Å². The SMILES string of the molecule is O=C(O)c1cccc(C#Cc2ccc3c(ccn3CCCN3CCS(=O)(=O)CC3)c2)c1-c1ccc2cc[nH]c2c1. The van der Waals surface area contributed by atoms with Crippen LogP contribution in [-0.2, 0) is 16.4 Å². The second kappa shape index (κ2) is 10.7. The van der Waals surface area contributed by atoms with Crippen LogP contribution >= 0.6 is 0 Å². The fourth-order valence-corrected chi connectivity index (χ4v) is 6.68. The van der Waals surface area contributed by atoms with Gasteiger partial charge in [-0.25, -0.2) is 13.2 Å². The molecule has 1 aliphatic heterocycles. The number of carboxylic acids is 1. The summed E-state index contributed by atoms with van der Waals surface area (Å²) < 4.78 is 25.5. The van der Waals surface area contributed by atoms with Gasteiger partial charge < -0.3 is 19.6 Å². The van der Waals surface area contributed by atoms with Gasteiger partial charge >= 0.3 is 5.97 Å². The Morgan fingerprint density at radius 1 is 0.925 bits per heavy atom. The van der Waals surface area contributed by atoms with E-state index in [4.69, 9.17) is 0 Å². The van der Waals surface area contributed by atoms with Crippen molar-refractivity contribution in [1.29, 1.82) is 0 Å². The molecule has 0 aliphatic carbocycles. The minimum Gasteiger partial charge on any atom is -0.478 e. The number of hydrogen-bond donors (Lipinski definition) is 2. The Morgan fingerprint density at radius 2 is 1.77 bits per heavy atom. The maximum atomic E-state index is 12.1. The summed E-state index contributed by atoms with van der Waals surface area (Å²) in [6.07, 6.45) is 4.89. The van der Waals surface area contributed by atoms with Crippen LogP contribution in [0.2, 0.25) is 0 Å². The summed E-state index contributed by atoms with van der Waals surface area (Å²) in [5.41, 5.74) is 5.21. The molecule has 3 aromatic carbocycles. The van der Waals surface area contributed by atoms with Crippen molar-refractivity contribution in [2.24, 2.45) is 0 Å². The van der Waals surface area contributed by atoms with Gasteiger partial charge in [0.2, 0.25) is 0 Å². The zero-order valence-electron chi connectivity index (χ0n) is 21.9. The number of fused-ring (bicyclic) bond motifs is 2. The minimum absolute atomic E-state index is 0.219. The van der Waals surface area contributed by atoms with Crippen molar-refractivity contribution in [2.75, 3.05) is 31.1 Å². The van der Waals surface area contributed by atoms with E-state index in [-0.39, 0.29) is 17.1 Å². The molecule has 0 amide bonds. The van der Waals surface area contributed by atoms with Gasteiger partial charge in [0.15, 0.2) is 9.84 Å². The van der Waals surface area contributed by atoms with Crippen molar-refractivity contribution in [3.63, 3.8) is 0 Å². The van der Waals surface area contributed by atoms with Gasteiger partial charge in [0, 0.05) is 65.1 Å². The molecule has 1 aliphatic rings. The Morgan fingerprint density at radius 3 is 2.60 bits per heavy atom. The lowest BCUT2D eigenvalue weighted by atomic mass is 9.93. The number of benzene rings is 3. The molecule has 3 heterocycles. The Balaban J connectivity index is 1.22. The molecule has 40 heavy (non-hydrogen) atoms. The first-order chi connectivity index (χ1) is 19.4. The van der Waals surface area contributed by atoms with E-state index < -0.39 is 15.8 Å². The number of nitrogens with zero attached hydrogens (tertiary/aromatic N) is 2. The predicted molar refractivity (Wildman–Crippen MR) is 158 cm³/mol. The molecule has 0 unspecified atom stereocenters. The number of aryl methyl sites for hydroxylation is 1. The van der Waals surface area contributed by atoms with E-state index in [1.807, 2.05) is 42.6 Å². The van der Waals surface area contributed by atoms with E-state index in [1.54, 1.807) is 12.1 Å². The van der Waals surface area contributed by atoms with Crippen molar-refractivity contribution >= 4 is 37.6 Å². The van der Waals surface area contributed by atoms with E-state index in [9.17, 15) is 18.3 Å². The highest BCUT2D eigenvalue weighted by atomic mass is 32.2. The Bertz CT molecular complexity index is 1890. The highest BCUT2D eigenvalue weighted by molar-refractivity contribution is 7.91. The molecule has 0 radical (unpaired) electrons. The van der Waals surface area contributed by atoms with Crippen molar-refractivity contribution in [1.82, 2.24) is 14.5 Å². The average Bonchev–Trinajstić information content (AvgIpc) is 3.59. The van der Waals surface area contributed by atoms with Gasteiger partial charge in [0.05, 0.1) is 17.1 Å². The summed E-state index contributed by atoms with van der Waals surface area (Å²) in [6.45, 7) is 2.98. The molecule has 0 spiro atoms. The number of hydrogen-bond acceptors (Lipinski definition) is 4. The predicted octanol–water partition coefficient (Wildman–Crippen LogP) is 5.01. The van der Waals surface area contributed by atoms with E-state index in [2.05, 4.69) is 50.7 Å². The molecular weight excluding hydrogens is 522 g/mol. The van der Waals surface area contributed by atoms with Crippen LogP contribution in [0.25, 0.3) is 32.9 Å². The summed E-state index contributed by atoms with van der Waals surface area (Å²) in [5.74, 6) is 6.01. The molecule has 2 aromatic heterocycles. The van der Waals surface area contributed by atoms with Crippen LogP contribution in [0.4, 0.5) is 0 Å². The van der Waals surface area contributed by atoms with Crippen LogP contribution in [-0.4, -0.2) is 65.1 Å². The summed E-state index contributed by atoms with van der Waals surface area (Å²) >= 11 is 0. The molecule has 2 N–H and O–H groups in total. The molecule has 0 saturated carbocycles. The fraction of sp³-hybridized carbons (Fsp3) is 0.219. The third kappa shape index (κ3) is 5.39. The molecule has 0 bridgehead atoms. The molecular formula is C32H29N3O4S. The maximum absolute atomic E-state index is 12.1. The topological polar surface area (TPSA) is 95.4 Å². The normalized spacial score (nSPS) is 15.2. The fourth-order valence-electron chi connectivity index (χ4n) is 5.40. The second-order valence-corrected chi connectivity index (χ2v) is 12.5. The summed E-state index contributed by atoms with van der Waals surface area (Å²) in [6, 6.07) is 21.3. The molecule has 1 saturated heterocycles. The van der Waals surface area contributed by atoms with Gasteiger partial charge in [-0.15, -0.1) is 0 Å². The van der Waals surface area contributed by atoms with Gasteiger partial charge in [-0.3, -0.25) is 0 Å². The van der Waals surface area contributed by atoms with E-state index in [0.717, 1.165) is 52.4 Å². The van der Waals surface area contributed by atoms with Gasteiger partial charge in [0.1, 0.15) is 0 Å². The minimum atomic E-state index is -2.85. The highest BCUT2D eigenvalue weighted by Crippen LogP contribution is 2.30. The van der Waals surface area contributed by atoms with Gasteiger partial charge in [-0.1, -0.05) is 30.0 Å². The first-order valence-corrected chi connectivity index (χ1v) is 15.2. The van der Waals surface area contributed by atoms with Crippen LogP contribution in [0.1, 0.15) is 27.9 Å². The third-order valence-corrected chi connectivity index (χ3v) is 9.17. The van der Waals surface area contributed by atoms with Crippen LogP contribution in [0.15, 0.2) is 79.1 Å². The van der Waals surface area contributed by atoms with Crippen molar-refractivity contribution in [3.8, 4) is 23.0 Å². The first-order valence-electron chi connectivity index (χ1n) is 13.3. The molecule has 1 fully saturated rings. The number of sulfone groups is 1. The molecule has 6 rings (SSSR count). The van der Waals surface area contributed by atoms with Gasteiger partial charge in [-0.05, 0) is 72.4 Å².